The maximum absolute atomic E-state index is 10.2. The lowest BCUT2D eigenvalue weighted by Crippen LogP contribution is -2.15. The summed E-state index contributed by atoms with van der Waals surface area (Å²) < 4.78 is 1.02. The first-order valence-corrected chi connectivity index (χ1v) is 7.20. The Balaban J connectivity index is 1.81. The monoisotopic (exact) mass is 317 g/mol. The molecule has 2 nitrogen and oxygen atoms in total. The molecule has 0 aliphatic carbocycles. The number of benzene rings is 2. The van der Waals surface area contributed by atoms with Crippen molar-refractivity contribution in [1.29, 1.82) is 0 Å². The van der Waals surface area contributed by atoms with Crippen molar-refractivity contribution in [3.8, 4) is 5.75 Å². The zero-order valence-electron chi connectivity index (χ0n) is 10.9. The summed E-state index contributed by atoms with van der Waals surface area (Å²) in [6.07, 6.45) is 0. The van der Waals surface area contributed by atoms with Crippen molar-refractivity contribution in [3.63, 3.8) is 0 Å². The lowest BCUT2D eigenvalue weighted by Gasteiger charge is -2.17. The van der Waals surface area contributed by atoms with Crippen molar-refractivity contribution in [2.75, 3.05) is 0 Å². The van der Waals surface area contributed by atoms with Crippen LogP contribution in [0.15, 0.2) is 40.9 Å². The van der Waals surface area contributed by atoms with E-state index in [0.717, 1.165) is 35.2 Å². The number of halogens is 1. The predicted molar refractivity (Wildman–Crippen MR) is 79.9 cm³/mol. The van der Waals surface area contributed by atoms with Crippen molar-refractivity contribution in [1.82, 2.24) is 4.90 Å². The number of aryl methyl sites for hydroxylation is 1. The average Bonchev–Trinajstić information content (AvgIpc) is 2.77. The molecule has 1 N–H and O–H groups in total. The summed E-state index contributed by atoms with van der Waals surface area (Å²) in [6.45, 7) is 4.63. The molecule has 0 atom stereocenters. The van der Waals surface area contributed by atoms with Gasteiger partial charge in [0.25, 0.3) is 0 Å². The van der Waals surface area contributed by atoms with Gasteiger partial charge in [0, 0.05) is 29.7 Å². The lowest BCUT2D eigenvalue weighted by atomic mass is 10.1. The Kier molecular flexibility index (Phi) is 3.33. The van der Waals surface area contributed by atoms with E-state index in [4.69, 9.17) is 0 Å². The number of aromatic hydroxyl groups is 1. The summed E-state index contributed by atoms with van der Waals surface area (Å²) in [5.41, 5.74) is 4.70. The number of nitrogens with zero attached hydrogens (tertiary/aromatic N) is 1. The van der Waals surface area contributed by atoms with Gasteiger partial charge in [-0.1, -0.05) is 40.2 Å². The van der Waals surface area contributed by atoms with Crippen LogP contribution in [0.1, 0.15) is 22.3 Å². The van der Waals surface area contributed by atoms with Gasteiger partial charge in [0.15, 0.2) is 0 Å². The maximum Gasteiger partial charge on any atom is 0.123 e. The second-order valence-corrected chi connectivity index (χ2v) is 6.06. The van der Waals surface area contributed by atoms with E-state index in [1.807, 2.05) is 19.1 Å². The molecule has 0 saturated carbocycles. The van der Waals surface area contributed by atoms with Crippen LogP contribution in [0.4, 0.5) is 0 Å². The molecular weight excluding hydrogens is 302 g/mol. The first kappa shape index (κ1) is 12.7. The van der Waals surface area contributed by atoms with Crippen LogP contribution in [0.25, 0.3) is 0 Å². The standard InChI is InChI=1S/C16H16BrNO/c1-11-6-15(17)7-14(16(11)19)10-18-8-12-4-2-3-5-13(12)9-18/h2-7,19H,8-10H2,1H3. The van der Waals surface area contributed by atoms with E-state index >= 15 is 0 Å². The Bertz CT molecular complexity index is 599. The van der Waals surface area contributed by atoms with Crippen LogP contribution in [0, 0.1) is 6.92 Å². The third-order valence-corrected chi connectivity index (χ3v) is 4.10. The van der Waals surface area contributed by atoms with Gasteiger partial charge in [0.2, 0.25) is 0 Å². The Morgan fingerprint density at radius 3 is 2.42 bits per heavy atom. The van der Waals surface area contributed by atoms with Crippen molar-refractivity contribution in [2.45, 2.75) is 26.6 Å². The topological polar surface area (TPSA) is 23.5 Å². The molecule has 1 aliphatic heterocycles. The third-order valence-electron chi connectivity index (χ3n) is 3.64. The van der Waals surface area contributed by atoms with Gasteiger partial charge in [0.1, 0.15) is 5.75 Å². The summed E-state index contributed by atoms with van der Waals surface area (Å²) >= 11 is 3.50. The molecule has 98 valence electrons. The fraction of sp³-hybridized carbons (Fsp3) is 0.250. The minimum absolute atomic E-state index is 0.416. The second kappa shape index (κ2) is 4.99. The molecule has 0 aromatic heterocycles. The zero-order valence-corrected chi connectivity index (χ0v) is 12.4. The molecule has 2 aromatic rings. The third kappa shape index (κ3) is 2.53. The molecule has 0 bridgehead atoms. The second-order valence-electron chi connectivity index (χ2n) is 5.14. The van der Waals surface area contributed by atoms with E-state index in [2.05, 4.69) is 45.1 Å². The van der Waals surface area contributed by atoms with Crippen molar-refractivity contribution in [3.05, 3.63) is 63.1 Å². The molecule has 0 fully saturated rings. The normalized spacial score (nSPS) is 14.6. The SMILES string of the molecule is Cc1cc(Br)cc(CN2Cc3ccccc3C2)c1O. The first-order valence-electron chi connectivity index (χ1n) is 6.40. The summed E-state index contributed by atoms with van der Waals surface area (Å²) in [5.74, 6) is 0.416. The molecule has 0 radical (unpaired) electrons. The van der Waals surface area contributed by atoms with Crippen LogP contribution >= 0.6 is 15.9 Å². The summed E-state index contributed by atoms with van der Waals surface area (Å²) in [5, 5.41) is 10.2. The molecule has 0 spiro atoms. The van der Waals surface area contributed by atoms with Gasteiger partial charge < -0.3 is 5.11 Å². The molecule has 0 amide bonds. The molecule has 0 saturated heterocycles. The highest BCUT2D eigenvalue weighted by molar-refractivity contribution is 9.10. The minimum Gasteiger partial charge on any atom is -0.507 e. The number of phenols is 1. The van der Waals surface area contributed by atoms with E-state index in [1.165, 1.54) is 11.1 Å². The van der Waals surface area contributed by atoms with Gasteiger partial charge in [-0.3, -0.25) is 4.90 Å². The molecular formula is C16H16BrNO. The van der Waals surface area contributed by atoms with E-state index < -0.39 is 0 Å². The Morgan fingerprint density at radius 2 is 1.79 bits per heavy atom. The van der Waals surface area contributed by atoms with Crippen LogP contribution in [0.3, 0.4) is 0 Å². The van der Waals surface area contributed by atoms with Crippen LogP contribution in [0.5, 0.6) is 5.75 Å². The van der Waals surface area contributed by atoms with Gasteiger partial charge >= 0.3 is 0 Å². The number of hydrogen-bond donors (Lipinski definition) is 1. The lowest BCUT2D eigenvalue weighted by molar-refractivity contribution is 0.271. The van der Waals surface area contributed by atoms with Gasteiger partial charge in [0.05, 0.1) is 0 Å². The van der Waals surface area contributed by atoms with Crippen molar-refractivity contribution >= 4 is 15.9 Å². The van der Waals surface area contributed by atoms with Crippen LogP contribution in [-0.4, -0.2) is 10.0 Å². The smallest absolute Gasteiger partial charge is 0.123 e. The maximum atomic E-state index is 10.2. The van der Waals surface area contributed by atoms with Gasteiger partial charge in [-0.15, -0.1) is 0 Å². The van der Waals surface area contributed by atoms with E-state index in [0.29, 0.717) is 5.75 Å². The van der Waals surface area contributed by atoms with Crippen LogP contribution < -0.4 is 0 Å². The highest BCUT2D eigenvalue weighted by Crippen LogP contribution is 2.30. The molecule has 0 unspecified atom stereocenters. The summed E-state index contributed by atoms with van der Waals surface area (Å²) in [7, 11) is 0. The zero-order chi connectivity index (χ0) is 13.4. The molecule has 3 heteroatoms. The van der Waals surface area contributed by atoms with E-state index in [1.54, 1.807) is 0 Å². The number of fused-ring (bicyclic) bond motifs is 1. The van der Waals surface area contributed by atoms with Gasteiger partial charge in [-0.2, -0.15) is 0 Å². The minimum atomic E-state index is 0.416. The predicted octanol–water partition coefficient (Wildman–Crippen LogP) is 3.98. The molecule has 19 heavy (non-hydrogen) atoms. The summed E-state index contributed by atoms with van der Waals surface area (Å²) in [4.78, 5) is 2.35. The van der Waals surface area contributed by atoms with Crippen molar-refractivity contribution in [2.24, 2.45) is 0 Å². The van der Waals surface area contributed by atoms with E-state index in [9.17, 15) is 5.11 Å². The van der Waals surface area contributed by atoms with Gasteiger partial charge in [-0.25, -0.2) is 0 Å². The van der Waals surface area contributed by atoms with E-state index in [-0.39, 0.29) is 0 Å². The van der Waals surface area contributed by atoms with Crippen molar-refractivity contribution < 1.29 is 5.11 Å². The van der Waals surface area contributed by atoms with Crippen LogP contribution in [0.2, 0.25) is 0 Å². The first-order chi connectivity index (χ1) is 9.13. The quantitative estimate of drug-likeness (QED) is 0.905. The van der Waals surface area contributed by atoms with Gasteiger partial charge in [-0.05, 0) is 35.7 Å². The fourth-order valence-electron chi connectivity index (χ4n) is 2.68. The van der Waals surface area contributed by atoms with Crippen LogP contribution in [-0.2, 0) is 19.6 Å². The largest absolute Gasteiger partial charge is 0.507 e. The molecule has 3 rings (SSSR count). The molecule has 1 heterocycles. The summed E-state index contributed by atoms with van der Waals surface area (Å²) in [6, 6.07) is 12.5. The number of phenolic OH excluding ortho intramolecular Hbond substituents is 1. The number of rotatable bonds is 2. The molecule has 2 aromatic carbocycles. The molecule has 1 aliphatic rings. The highest BCUT2D eigenvalue weighted by atomic mass is 79.9. The highest BCUT2D eigenvalue weighted by Gasteiger charge is 2.19. The Morgan fingerprint density at radius 1 is 1.16 bits per heavy atom. The fourth-order valence-corrected chi connectivity index (χ4v) is 3.30. The Labute approximate surface area is 121 Å². The number of hydrogen-bond acceptors (Lipinski definition) is 2. The average molecular weight is 318 g/mol. The Hall–Kier alpha value is -1.32.